The summed E-state index contributed by atoms with van der Waals surface area (Å²) in [6.07, 6.45) is 0. The van der Waals surface area contributed by atoms with Crippen molar-refractivity contribution in [3.05, 3.63) is 42.5 Å². The van der Waals surface area contributed by atoms with Gasteiger partial charge in [0.15, 0.2) is 0 Å². The minimum absolute atomic E-state index is 0.473. The zero-order valence-corrected chi connectivity index (χ0v) is 10.6. The predicted octanol–water partition coefficient (Wildman–Crippen LogP) is 4.69. The Hall–Kier alpha value is -1.50. The molecule has 0 amide bonds. The zero-order chi connectivity index (χ0) is 12.0. The third kappa shape index (κ3) is 2.99. The fourth-order valence-corrected chi connectivity index (χ4v) is 1.66. The molecule has 0 spiro atoms. The standard InChI is InChI=1S/C13H15N.C2H6/c1-10(2)14-13-9-5-7-11-6-3-4-8-12(11)13;1-2/h3-10,14H,1-2H3;1-2H3. The van der Waals surface area contributed by atoms with E-state index in [2.05, 4.69) is 61.6 Å². The van der Waals surface area contributed by atoms with Gasteiger partial charge in [0.2, 0.25) is 0 Å². The van der Waals surface area contributed by atoms with E-state index in [1.54, 1.807) is 0 Å². The lowest BCUT2D eigenvalue weighted by atomic mass is 10.1. The second-order valence-corrected chi connectivity index (χ2v) is 3.83. The van der Waals surface area contributed by atoms with Crippen LogP contribution in [0.25, 0.3) is 10.8 Å². The topological polar surface area (TPSA) is 12.0 Å². The summed E-state index contributed by atoms with van der Waals surface area (Å²) >= 11 is 0. The van der Waals surface area contributed by atoms with Crippen molar-refractivity contribution in [1.82, 2.24) is 0 Å². The number of anilines is 1. The molecule has 0 unspecified atom stereocenters. The average molecular weight is 215 g/mol. The van der Waals surface area contributed by atoms with Crippen LogP contribution in [0.2, 0.25) is 0 Å². The maximum Gasteiger partial charge on any atom is 0.0421 e. The summed E-state index contributed by atoms with van der Waals surface area (Å²) in [6, 6.07) is 15.3. The molecule has 16 heavy (non-hydrogen) atoms. The van der Waals surface area contributed by atoms with E-state index in [1.165, 1.54) is 16.5 Å². The third-order valence-electron chi connectivity index (χ3n) is 2.23. The van der Waals surface area contributed by atoms with Crippen molar-refractivity contribution in [3.63, 3.8) is 0 Å². The molecular weight excluding hydrogens is 194 g/mol. The molecule has 0 heterocycles. The van der Waals surface area contributed by atoms with Crippen LogP contribution in [0.3, 0.4) is 0 Å². The van der Waals surface area contributed by atoms with Crippen LogP contribution in [-0.2, 0) is 0 Å². The third-order valence-corrected chi connectivity index (χ3v) is 2.23. The van der Waals surface area contributed by atoms with E-state index in [0.29, 0.717) is 6.04 Å². The van der Waals surface area contributed by atoms with Crippen molar-refractivity contribution in [3.8, 4) is 0 Å². The molecule has 0 fully saturated rings. The van der Waals surface area contributed by atoms with Crippen molar-refractivity contribution in [2.45, 2.75) is 33.7 Å². The summed E-state index contributed by atoms with van der Waals surface area (Å²) in [5.41, 5.74) is 1.22. The lowest BCUT2D eigenvalue weighted by Gasteiger charge is -2.12. The van der Waals surface area contributed by atoms with Gasteiger partial charge < -0.3 is 5.32 Å². The Balaban J connectivity index is 0.000000606. The highest BCUT2D eigenvalue weighted by atomic mass is 14.9. The molecular formula is C15H21N. The van der Waals surface area contributed by atoms with Crippen molar-refractivity contribution in [2.24, 2.45) is 0 Å². The molecule has 0 atom stereocenters. The van der Waals surface area contributed by atoms with E-state index < -0.39 is 0 Å². The smallest absolute Gasteiger partial charge is 0.0421 e. The summed E-state index contributed by atoms with van der Waals surface area (Å²) in [6.45, 7) is 8.31. The van der Waals surface area contributed by atoms with Gasteiger partial charge in [0.25, 0.3) is 0 Å². The van der Waals surface area contributed by atoms with Gasteiger partial charge >= 0.3 is 0 Å². The lowest BCUT2D eigenvalue weighted by Crippen LogP contribution is -2.09. The highest BCUT2D eigenvalue weighted by Crippen LogP contribution is 2.23. The normalized spacial score (nSPS) is 9.81. The first kappa shape index (κ1) is 12.6. The molecule has 2 rings (SSSR count). The number of benzene rings is 2. The Morgan fingerprint density at radius 3 is 2.19 bits per heavy atom. The van der Waals surface area contributed by atoms with Gasteiger partial charge in [-0.15, -0.1) is 0 Å². The molecule has 0 aliphatic heterocycles. The van der Waals surface area contributed by atoms with Crippen molar-refractivity contribution in [2.75, 3.05) is 5.32 Å². The van der Waals surface area contributed by atoms with E-state index in [0.717, 1.165) is 0 Å². The van der Waals surface area contributed by atoms with Crippen LogP contribution in [0.4, 0.5) is 5.69 Å². The highest BCUT2D eigenvalue weighted by Gasteiger charge is 1.99. The molecule has 1 N–H and O–H groups in total. The van der Waals surface area contributed by atoms with Crippen molar-refractivity contribution >= 4 is 16.5 Å². The van der Waals surface area contributed by atoms with Gasteiger partial charge in [-0.25, -0.2) is 0 Å². The second-order valence-electron chi connectivity index (χ2n) is 3.83. The van der Waals surface area contributed by atoms with Crippen LogP contribution >= 0.6 is 0 Å². The molecule has 0 saturated carbocycles. The number of fused-ring (bicyclic) bond motifs is 1. The van der Waals surface area contributed by atoms with Gasteiger partial charge in [-0.2, -0.15) is 0 Å². The number of hydrogen-bond acceptors (Lipinski definition) is 1. The van der Waals surface area contributed by atoms with Gasteiger partial charge in [0, 0.05) is 17.1 Å². The fourth-order valence-electron chi connectivity index (χ4n) is 1.66. The monoisotopic (exact) mass is 215 g/mol. The first-order chi connectivity index (χ1) is 7.77. The quantitative estimate of drug-likeness (QED) is 0.766. The summed E-state index contributed by atoms with van der Waals surface area (Å²) in [5.74, 6) is 0. The van der Waals surface area contributed by atoms with E-state index in [1.807, 2.05) is 13.8 Å². The van der Waals surface area contributed by atoms with Crippen LogP contribution in [-0.4, -0.2) is 6.04 Å². The van der Waals surface area contributed by atoms with E-state index in [4.69, 9.17) is 0 Å². The van der Waals surface area contributed by atoms with E-state index in [9.17, 15) is 0 Å². The second kappa shape index (κ2) is 6.16. The van der Waals surface area contributed by atoms with Gasteiger partial charge in [-0.3, -0.25) is 0 Å². The van der Waals surface area contributed by atoms with E-state index in [-0.39, 0.29) is 0 Å². The number of hydrogen-bond donors (Lipinski definition) is 1. The number of nitrogens with one attached hydrogen (secondary N) is 1. The maximum absolute atomic E-state index is 3.45. The summed E-state index contributed by atoms with van der Waals surface area (Å²) < 4.78 is 0. The molecule has 0 radical (unpaired) electrons. The van der Waals surface area contributed by atoms with Gasteiger partial charge in [0.1, 0.15) is 0 Å². The van der Waals surface area contributed by atoms with Crippen LogP contribution in [0.5, 0.6) is 0 Å². The molecule has 0 aromatic heterocycles. The largest absolute Gasteiger partial charge is 0.382 e. The molecule has 2 aromatic rings. The number of rotatable bonds is 2. The van der Waals surface area contributed by atoms with Crippen molar-refractivity contribution in [1.29, 1.82) is 0 Å². The molecule has 86 valence electrons. The molecule has 0 bridgehead atoms. The lowest BCUT2D eigenvalue weighted by molar-refractivity contribution is 0.902. The van der Waals surface area contributed by atoms with Gasteiger partial charge in [0.05, 0.1) is 0 Å². The average Bonchev–Trinajstić information content (AvgIpc) is 2.31. The van der Waals surface area contributed by atoms with E-state index >= 15 is 0 Å². The van der Waals surface area contributed by atoms with Crippen LogP contribution < -0.4 is 5.32 Å². The minimum atomic E-state index is 0.473. The first-order valence-electron chi connectivity index (χ1n) is 6.01. The Kier molecular flexibility index (Phi) is 4.84. The Morgan fingerprint density at radius 1 is 0.875 bits per heavy atom. The molecule has 2 aromatic carbocycles. The molecule has 0 aliphatic rings. The molecule has 1 nitrogen and oxygen atoms in total. The minimum Gasteiger partial charge on any atom is -0.382 e. The SMILES string of the molecule is CC.CC(C)Nc1cccc2ccccc12. The highest BCUT2D eigenvalue weighted by molar-refractivity contribution is 5.93. The van der Waals surface area contributed by atoms with Gasteiger partial charge in [-0.1, -0.05) is 50.2 Å². The summed E-state index contributed by atoms with van der Waals surface area (Å²) in [4.78, 5) is 0. The Labute approximate surface area is 98.5 Å². The predicted molar refractivity (Wildman–Crippen MR) is 74.1 cm³/mol. The Bertz CT molecular complexity index is 427. The van der Waals surface area contributed by atoms with Crippen molar-refractivity contribution < 1.29 is 0 Å². The van der Waals surface area contributed by atoms with Crippen LogP contribution in [0, 0.1) is 0 Å². The van der Waals surface area contributed by atoms with Gasteiger partial charge in [-0.05, 0) is 25.3 Å². The Morgan fingerprint density at radius 2 is 1.50 bits per heavy atom. The molecule has 0 aliphatic carbocycles. The summed E-state index contributed by atoms with van der Waals surface area (Å²) in [7, 11) is 0. The fraction of sp³-hybridized carbons (Fsp3) is 0.333. The first-order valence-corrected chi connectivity index (χ1v) is 6.01. The summed E-state index contributed by atoms with van der Waals surface area (Å²) in [5, 5.41) is 6.03. The van der Waals surface area contributed by atoms with Crippen LogP contribution in [0.1, 0.15) is 27.7 Å². The molecule has 1 heteroatoms. The zero-order valence-electron chi connectivity index (χ0n) is 10.6. The van der Waals surface area contributed by atoms with Crippen LogP contribution in [0.15, 0.2) is 42.5 Å². The maximum atomic E-state index is 3.45. The molecule has 0 saturated heterocycles.